The number of Topliss-reactive ketones (excluding diaryl/α,β-unsaturated/α-hetero) is 1. The Labute approximate surface area is 178 Å². The zero-order chi connectivity index (χ0) is 22.4. The van der Waals surface area contributed by atoms with Gasteiger partial charge in [0.2, 0.25) is 0 Å². The van der Waals surface area contributed by atoms with E-state index in [4.69, 9.17) is 5.11 Å². The van der Waals surface area contributed by atoms with Crippen LogP contribution in [0.1, 0.15) is 23.6 Å². The third-order valence-corrected chi connectivity index (χ3v) is 5.58. The van der Waals surface area contributed by atoms with Gasteiger partial charge < -0.3 is 15.7 Å². The molecule has 0 spiro atoms. The first kappa shape index (κ1) is 23.2. The molecular weight excluding hydrogens is 413 g/mol. The van der Waals surface area contributed by atoms with Gasteiger partial charge in [0.1, 0.15) is 0 Å². The number of benzene rings is 1. The van der Waals surface area contributed by atoms with Crippen molar-refractivity contribution in [1.29, 1.82) is 0 Å². The summed E-state index contributed by atoms with van der Waals surface area (Å²) in [6.45, 7) is 5.58. The molecule has 1 amide bonds. The number of rotatable bonds is 7. The molecule has 3 N–H and O–H groups in total. The number of hydrogen-bond donors (Lipinski definition) is 3. The first-order valence-electron chi connectivity index (χ1n) is 10.3. The number of ketones is 1. The lowest BCUT2D eigenvalue weighted by molar-refractivity contribution is -0.139. The lowest BCUT2D eigenvalue weighted by Gasteiger charge is -2.34. The molecule has 0 saturated carbocycles. The van der Waals surface area contributed by atoms with Crippen LogP contribution >= 0.6 is 0 Å². The first-order valence-corrected chi connectivity index (χ1v) is 10.3. The molecule has 0 radical (unpaired) electrons. The monoisotopic (exact) mass is 440 g/mol. The average molecular weight is 440 g/mol. The molecule has 2 aliphatic heterocycles. The fourth-order valence-electron chi connectivity index (χ4n) is 3.88. The van der Waals surface area contributed by atoms with E-state index in [9.17, 15) is 22.8 Å². The molecule has 31 heavy (non-hydrogen) atoms. The van der Waals surface area contributed by atoms with E-state index < -0.39 is 29.5 Å². The van der Waals surface area contributed by atoms with Gasteiger partial charge >= 0.3 is 6.18 Å². The number of nitrogens with one attached hydrogen (secondary N) is 2. The number of amides is 1. The minimum Gasteiger partial charge on any atom is -0.395 e. The zero-order valence-electron chi connectivity index (χ0n) is 17.1. The molecule has 2 fully saturated rings. The van der Waals surface area contributed by atoms with E-state index in [-0.39, 0.29) is 24.2 Å². The smallest absolute Gasteiger partial charge is 0.395 e. The summed E-state index contributed by atoms with van der Waals surface area (Å²) >= 11 is 0. The Morgan fingerprint density at radius 3 is 2.35 bits per heavy atom. The second-order valence-corrected chi connectivity index (χ2v) is 7.66. The van der Waals surface area contributed by atoms with Crippen molar-refractivity contribution < 1.29 is 27.9 Å². The normalized spacial score (nSPS) is 22.6. The van der Waals surface area contributed by atoms with Gasteiger partial charge in [-0.1, -0.05) is 18.2 Å². The number of nitrogens with zero attached hydrogens (tertiary/aromatic N) is 2. The molecule has 170 valence electrons. The fraction of sp³-hybridized carbons (Fsp3) is 0.524. The summed E-state index contributed by atoms with van der Waals surface area (Å²) in [6, 6.07) is 3.96. The van der Waals surface area contributed by atoms with Crippen molar-refractivity contribution in [2.24, 2.45) is 0 Å². The third kappa shape index (κ3) is 6.05. The molecule has 1 atom stereocenters. The Morgan fingerprint density at radius 1 is 1.10 bits per heavy atom. The Kier molecular flexibility index (Phi) is 7.69. The highest BCUT2D eigenvalue weighted by atomic mass is 19.4. The number of halogens is 3. The van der Waals surface area contributed by atoms with Gasteiger partial charge in [0.05, 0.1) is 23.8 Å². The highest BCUT2D eigenvalue weighted by molar-refractivity contribution is 6.21. The van der Waals surface area contributed by atoms with Crippen molar-refractivity contribution >= 4 is 11.7 Å². The summed E-state index contributed by atoms with van der Waals surface area (Å²) in [5.74, 6) is -1.17. The van der Waals surface area contributed by atoms with E-state index in [2.05, 4.69) is 20.4 Å². The Hall–Kier alpha value is -2.43. The van der Waals surface area contributed by atoms with Crippen molar-refractivity contribution in [2.75, 3.05) is 52.4 Å². The van der Waals surface area contributed by atoms with Crippen LogP contribution in [-0.4, -0.2) is 79.0 Å². The Morgan fingerprint density at radius 2 is 1.74 bits per heavy atom. The van der Waals surface area contributed by atoms with Gasteiger partial charge in [-0.3, -0.25) is 19.4 Å². The van der Waals surface area contributed by atoms with Crippen molar-refractivity contribution in [3.8, 4) is 0 Å². The van der Waals surface area contributed by atoms with Gasteiger partial charge in [-0.2, -0.15) is 13.2 Å². The van der Waals surface area contributed by atoms with Crippen LogP contribution in [0.5, 0.6) is 0 Å². The fourth-order valence-corrected chi connectivity index (χ4v) is 3.88. The van der Waals surface area contributed by atoms with E-state index in [0.29, 0.717) is 13.1 Å². The van der Waals surface area contributed by atoms with Crippen LogP contribution in [0.25, 0.3) is 0 Å². The average Bonchev–Trinajstić information content (AvgIpc) is 2.73. The summed E-state index contributed by atoms with van der Waals surface area (Å²) in [6.07, 6.45) is -3.43. The molecule has 10 heteroatoms. The van der Waals surface area contributed by atoms with E-state index in [1.807, 2.05) is 0 Å². The lowest BCUT2D eigenvalue weighted by atomic mass is 9.90. The van der Waals surface area contributed by atoms with Crippen LogP contribution in [-0.2, 0) is 15.8 Å². The van der Waals surface area contributed by atoms with Crippen molar-refractivity contribution in [3.05, 3.63) is 47.2 Å². The quantitative estimate of drug-likeness (QED) is 0.332. The van der Waals surface area contributed by atoms with Crippen LogP contribution in [0.2, 0.25) is 0 Å². The molecule has 1 aromatic rings. The molecule has 0 aromatic heterocycles. The number of carbonyl (C=O) groups excluding carboxylic acids is 2. The Bertz CT molecular complexity index is 800. The number of aliphatic hydroxyl groups is 1. The van der Waals surface area contributed by atoms with Crippen LogP contribution in [0, 0.1) is 0 Å². The van der Waals surface area contributed by atoms with Crippen LogP contribution in [0.3, 0.4) is 0 Å². The van der Waals surface area contributed by atoms with Crippen molar-refractivity contribution in [2.45, 2.75) is 18.6 Å². The predicted octanol–water partition coefficient (Wildman–Crippen LogP) is 0.919. The predicted molar refractivity (Wildman–Crippen MR) is 108 cm³/mol. The van der Waals surface area contributed by atoms with Crippen molar-refractivity contribution in [1.82, 2.24) is 20.4 Å². The van der Waals surface area contributed by atoms with E-state index in [1.54, 1.807) is 0 Å². The van der Waals surface area contributed by atoms with Crippen LogP contribution < -0.4 is 10.6 Å². The minimum atomic E-state index is -4.56. The molecule has 3 rings (SSSR count). The molecule has 2 heterocycles. The number of carbonyl (C=O) groups is 2. The SMILES string of the molecule is O=C1CC(c2ccccc2C(F)(F)F)NC(=O)/C1=C\NCCN1CCN(CCO)CC1. The third-order valence-electron chi connectivity index (χ3n) is 5.58. The summed E-state index contributed by atoms with van der Waals surface area (Å²) in [5, 5.41) is 14.5. The van der Waals surface area contributed by atoms with E-state index in [0.717, 1.165) is 38.8 Å². The highest BCUT2D eigenvalue weighted by Gasteiger charge is 2.38. The minimum absolute atomic E-state index is 0.0755. The molecule has 0 aliphatic carbocycles. The number of piperazine rings is 1. The second kappa shape index (κ2) is 10.3. The molecule has 1 unspecified atom stereocenters. The summed E-state index contributed by atoms with van der Waals surface area (Å²) in [7, 11) is 0. The number of aliphatic hydroxyl groups excluding tert-OH is 1. The first-order chi connectivity index (χ1) is 14.8. The number of hydrogen-bond acceptors (Lipinski definition) is 6. The molecule has 2 aliphatic rings. The largest absolute Gasteiger partial charge is 0.416 e. The van der Waals surface area contributed by atoms with Gasteiger partial charge in [-0.25, -0.2) is 0 Å². The zero-order valence-corrected chi connectivity index (χ0v) is 17.1. The number of piperidine rings is 1. The summed E-state index contributed by atoms with van der Waals surface area (Å²) in [4.78, 5) is 29.3. The van der Waals surface area contributed by atoms with E-state index in [1.165, 1.54) is 24.4 Å². The van der Waals surface area contributed by atoms with Crippen molar-refractivity contribution in [3.63, 3.8) is 0 Å². The van der Waals surface area contributed by atoms with E-state index >= 15 is 0 Å². The summed E-state index contributed by atoms with van der Waals surface area (Å²) in [5.41, 5.74) is -1.03. The standard InChI is InChI=1S/C21H27F3N4O3/c22-21(23,24)17-4-2-1-3-15(17)18-13-19(30)16(20(31)26-18)14-25-5-6-27-7-9-28(10-8-27)11-12-29/h1-4,14,18,25,29H,5-13H2,(H,26,31)/b16-14-. The molecule has 2 saturated heterocycles. The highest BCUT2D eigenvalue weighted by Crippen LogP contribution is 2.36. The Balaban J connectivity index is 1.53. The maximum atomic E-state index is 13.3. The lowest BCUT2D eigenvalue weighted by Crippen LogP contribution is -2.48. The molecular formula is C21H27F3N4O3. The summed E-state index contributed by atoms with van der Waals surface area (Å²) < 4.78 is 39.8. The topological polar surface area (TPSA) is 84.9 Å². The molecule has 7 nitrogen and oxygen atoms in total. The van der Waals surface area contributed by atoms with Gasteiger partial charge in [0.25, 0.3) is 5.91 Å². The maximum absolute atomic E-state index is 13.3. The van der Waals surface area contributed by atoms with Crippen LogP contribution in [0.4, 0.5) is 13.2 Å². The second-order valence-electron chi connectivity index (χ2n) is 7.66. The number of β-amino-alcohol motifs (C(OH)–C–C–N with tert-alkyl or cyclic N) is 1. The molecule has 1 aromatic carbocycles. The van der Waals surface area contributed by atoms with Crippen LogP contribution in [0.15, 0.2) is 36.0 Å². The van der Waals surface area contributed by atoms with Gasteiger partial charge in [0, 0.05) is 58.4 Å². The number of alkyl halides is 3. The van der Waals surface area contributed by atoms with Gasteiger partial charge in [0.15, 0.2) is 5.78 Å². The molecule has 0 bridgehead atoms. The maximum Gasteiger partial charge on any atom is 0.416 e. The van der Waals surface area contributed by atoms with Gasteiger partial charge in [-0.05, 0) is 11.6 Å². The van der Waals surface area contributed by atoms with Gasteiger partial charge in [-0.15, -0.1) is 0 Å².